The summed E-state index contributed by atoms with van der Waals surface area (Å²) in [6.07, 6.45) is 5.58. The molecule has 0 amide bonds. The van der Waals surface area contributed by atoms with E-state index >= 15 is 0 Å². The van der Waals surface area contributed by atoms with Crippen LogP contribution in [0.2, 0.25) is 0 Å². The standard InChI is InChI=1S/C12H23NO4S/c1-9-4-3-5-11(8-9)6-7-13-18(16,17)10(2)12(14)15/h9-11,13H,3-8H2,1-2H3,(H,14,15). The summed E-state index contributed by atoms with van der Waals surface area (Å²) in [5, 5.41) is 7.29. The molecule has 2 N–H and O–H groups in total. The van der Waals surface area contributed by atoms with E-state index in [0.717, 1.165) is 25.2 Å². The predicted octanol–water partition coefficient (Wildman–Crippen LogP) is 1.60. The molecule has 6 heteroatoms. The van der Waals surface area contributed by atoms with Crippen LogP contribution in [0.1, 0.15) is 46.0 Å². The highest BCUT2D eigenvalue weighted by Gasteiger charge is 2.27. The van der Waals surface area contributed by atoms with Gasteiger partial charge in [-0.3, -0.25) is 4.79 Å². The molecule has 0 aliphatic heterocycles. The molecule has 106 valence electrons. The Morgan fingerprint density at radius 1 is 1.44 bits per heavy atom. The lowest BCUT2D eigenvalue weighted by atomic mass is 9.81. The minimum absolute atomic E-state index is 0.345. The molecule has 1 aliphatic rings. The van der Waals surface area contributed by atoms with Gasteiger partial charge >= 0.3 is 5.97 Å². The maximum Gasteiger partial charge on any atom is 0.323 e. The monoisotopic (exact) mass is 277 g/mol. The SMILES string of the molecule is CC1CCCC(CCNS(=O)(=O)C(C)C(=O)O)C1. The summed E-state index contributed by atoms with van der Waals surface area (Å²) in [5.41, 5.74) is 0. The number of hydrogen-bond donors (Lipinski definition) is 2. The number of rotatable bonds is 6. The quantitative estimate of drug-likeness (QED) is 0.772. The second kappa shape index (κ2) is 6.52. The Labute approximate surface area is 109 Å². The van der Waals surface area contributed by atoms with Gasteiger partial charge in [-0.1, -0.05) is 26.2 Å². The molecule has 3 unspecified atom stereocenters. The van der Waals surface area contributed by atoms with Crippen LogP contribution in [0.4, 0.5) is 0 Å². The highest BCUT2D eigenvalue weighted by molar-refractivity contribution is 7.90. The molecule has 5 nitrogen and oxygen atoms in total. The van der Waals surface area contributed by atoms with Crippen LogP contribution in [-0.2, 0) is 14.8 Å². The second-order valence-corrected chi connectivity index (χ2v) is 7.43. The first-order valence-electron chi connectivity index (χ1n) is 6.54. The van der Waals surface area contributed by atoms with E-state index in [0.29, 0.717) is 12.5 Å². The number of carboxylic acids is 1. The highest BCUT2D eigenvalue weighted by atomic mass is 32.2. The maximum atomic E-state index is 11.6. The van der Waals surface area contributed by atoms with Crippen LogP contribution in [0.5, 0.6) is 0 Å². The van der Waals surface area contributed by atoms with Gasteiger partial charge in [0.1, 0.15) is 0 Å². The Morgan fingerprint density at radius 2 is 2.11 bits per heavy atom. The molecule has 1 saturated carbocycles. The number of carboxylic acid groups (broad SMARTS) is 1. The van der Waals surface area contributed by atoms with E-state index in [4.69, 9.17) is 5.11 Å². The van der Waals surface area contributed by atoms with E-state index in [9.17, 15) is 13.2 Å². The number of nitrogens with one attached hydrogen (secondary N) is 1. The van der Waals surface area contributed by atoms with Crippen molar-refractivity contribution in [1.29, 1.82) is 0 Å². The van der Waals surface area contributed by atoms with Gasteiger partial charge in [0, 0.05) is 6.54 Å². The number of sulfonamides is 1. The van der Waals surface area contributed by atoms with Gasteiger partial charge in [0.15, 0.2) is 5.25 Å². The first kappa shape index (κ1) is 15.4. The molecular formula is C12H23NO4S. The van der Waals surface area contributed by atoms with E-state index in [1.54, 1.807) is 0 Å². The molecule has 1 aliphatic carbocycles. The lowest BCUT2D eigenvalue weighted by Crippen LogP contribution is -2.38. The molecule has 3 atom stereocenters. The number of carbonyl (C=O) groups is 1. The Kier molecular flexibility index (Phi) is 5.59. The summed E-state index contributed by atoms with van der Waals surface area (Å²) in [4.78, 5) is 10.6. The minimum Gasteiger partial charge on any atom is -0.480 e. The summed E-state index contributed by atoms with van der Waals surface area (Å²) in [6.45, 7) is 3.76. The Bertz CT molecular complexity index is 380. The third-order valence-corrected chi connectivity index (χ3v) is 5.45. The molecule has 0 heterocycles. The van der Waals surface area contributed by atoms with Crippen molar-refractivity contribution >= 4 is 16.0 Å². The third kappa shape index (κ3) is 4.57. The Hall–Kier alpha value is -0.620. The lowest BCUT2D eigenvalue weighted by Gasteiger charge is -2.26. The highest BCUT2D eigenvalue weighted by Crippen LogP contribution is 2.30. The van der Waals surface area contributed by atoms with Gasteiger partial charge in [0.2, 0.25) is 10.0 Å². The van der Waals surface area contributed by atoms with Crippen LogP contribution in [0.25, 0.3) is 0 Å². The maximum absolute atomic E-state index is 11.6. The Morgan fingerprint density at radius 3 is 2.67 bits per heavy atom. The van der Waals surface area contributed by atoms with Crippen molar-refractivity contribution in [3.63, 3.8) is 0 Å². The van der Waals surface area contributed by atoms with Crippen LogP contribution < -0.4 is 4.72 Å². The lowest BCUT2D eigenvalue weighted by molar-refractivity contribution is -0.136. The summed E-state index contributed by atoms with van der Waals surface area (Å²) < 4.78 is 25.6. The fourth-order valence-electron chi connectivity index (χ4n) is 2.48. The van der Waals surface area contributed by atoms with Gasteiger partial charge in [-0.25, -0.2) is 13.1 Å². The molecule has 0 spiro atoms. The van der Waals surface area contributed by atoms with Gasteiger partial charge in [-0.2, -0.15) is 0 Å². The molecule has 1 rings (SSSR count). The molecule has 0 radical (unpaired) electrons. The zero-order valence-corrected chi connectivity index (χ0v) is 11.9. The molecule has 0 aromatic carbocycles. The van der Waals surface area contributed by atoms with Crippen molar-refractivity contribution in [3.05, 3.63) is 0 Å². The molecule has 0 saturated heterocycles. The average molecular weight is 277 g/mol. The van der Waals surface area contributed by atoms with Crippen molar-refractivity contribution in [2.24, 2.45) is 11.8 Å². The van der Waals surface area contributed by atoms with E-state index in [-0.39, 0.29) is 0 Å². The predicted molar refractivity (Wildman–Crippen MR) is 69.8 cm³/mol. The third-order valence-electron chi connectivity index (χ3n) is 3.71. The van der Waals surface area contributed by atoms with Gasteiger partial charge < -0.3 is 5.11 Å². The smallest absolute Gasteiger partial charge is 0.323 e. The van der Waals surface area contributed by atoms with Crippen LogP contribution in [0.3, 0.4) is 0 Å². The zero-order valence-electron chi connectivity index (χ0n) is 11.1. The molecule has 0 aromatic rings. The van der Waals surface area contributed by atoms with Crippen LogP contribution >= 0.6 is 0 Å². The van der Waals surface area contributed by atoms with Crippen LogP contribution in [-0.4, -0.2) is 31.3 Å². The molecular weight excluding hydrogens is 254 g/mol. The van der Waals surface area contributed by atoms with E-state index in [1.165, 1.54) is 19.8 Å². The number of hydrogen-bond acceptors (Lipinski definition) is 3. The second-order valence-electron chi connectivity index (χ2n) is 5.35. The first-order chi connectivity index (χ1) is 8.33. The first-order valence-corrected chi connectivity index (χ1v) is 8.09. The zero-order chi connectivity index (χ0) is 13.8. The van der Waals surface area contributed by atoms with Crippen molar-refractivity contribution in [2.45, 2.75) is 51.2 Å². The van der Waals surface area contributed by atoms with Crippen molar-refractivity contribution in [1.82, 2.24) is 4.72 Å². The van der Waals surface area contributed by atoms with E-state index in [1.807, 2.05) is 0 Å². The summed E-state index contributed by atoms with van der Waals surface area (Å²) in [6, 6.07) is 0. The van der Waals surface area contributed by atoms with Gasteiger partial charge in [-0.05, 0) is 31.6 Å². The topological polar surface area (TPSA) is 83.5 Å². The van der Waals surface area contributed by atoms with Gasteiger partial charge in [-0.15, -0.1) is 0 Å². The van der Waals surface area contributed by atoms with Crippen LogP contribution in [0.15, 0.2) is 0 Å². The molecule has 1 fully saturated rings. The largest absolute Gasteiger partial charge is 0.480 e. The van der Waals surface area contributed by atoms with E-state index < -0.39 is 21.2 Å². The summed E-state index contributed by atoms with van der Waals surface area (Å²) >= 11 is 0. The fraction of sp³-hybridized carbons (Fsp3) is 0.917. The average Bonchev–Trinajstić information content (AvgIpc) is 2.27. The van der Waals surface area contributed by atoms with Gasteiger partial charge in [0.05, 0.1) is 0 Å². The fourth-order valence-corrected chi connectivity index (χ4v) is 3.40. The Balaban J connectivity index is 2.35. The van der Waals surface area contributed by atoms with Crippen LogP contribution in [0, 0.1) is 11.8 Å². The normalized spacial score (nSPS) is 26.8. The van der Waals surface area contributed by atoms with E-state index in [2.05, 4.69) is 11.6 Å². The molecule has 0 bridgehead atoms. The van der Waals surface area contributed by atoms with Crippen molar-refractivity contribution in [2.75, 3.05) is 6.54 Å². The van der Waals surface area contributed by atoms with Crippen molar-refractivity contribution in [3.8, 4) is 0 Å². The minimum atomic E-state index is -3.72. The van der Waals surface area contributed by atoms with Crippen molar-refractivity contribution < 1.29 is 18.3 Å². The summed E-state index contributed by atoms with van der Waals surface area (Å²) in [7, 11) is -3.72. The number of aliphatic carboxylic acids is 1. The molecule has 0 aromatic heterocycles. The summed E-state index contributed by atoms with van der Waals surface area (Å²) in [5.74, 6) is -0.0244. The van der Waals surface area contributed by atoms with Gasteiger partial charge in [0.25, 0.3) is 0 Å². The molecule has 18 heavy (non-hydrogen) atoms.